The Morgan fingerprint density at radius 2 is 1.71 bits per heavy atom. The lowest BCUT2D eigenvalue weighted by Crippen LogP contribution is -2.45. The molecule has 0 aromatic heterocycles. The lowest BCUT2D eigenvalue weighted by molar-refractivity contribution is -0.185. The van der Waals surface area contributed by atoms with Crippen LogP contribution in [0.1, 0.15) is 36.0 Å². The van der Waals surface area contributed by atoms with Crippen LogP contribution in [-0.2, 0) is 14.3 Å². The highest BCUT2D eigenvalue weighted by Gasteiger charge is 2.39. The summed E-state index contributed by atoms with van der Waals surface area (Å²) in [4.78, 5) is 14.6. The van der Waals surface area contributed by atoms with Crippen molar-refractivity contribution in [3.63, 3.8) is 0 Å². The molecule has 1 aromatic rings. The third-order valence-electron chi connectivity index (χ3n) is 5.03. The summed E-state index contributed by atoms with van der Waals surface area (Å²) in [5.74, 6) is -0.256. The lowest BCUT2D eigenvalue weighted by Gasteiger charge is -2.37. The van der Waals surface area contributed by atoms with Crippen LogP contribution in [0.5, 0.6) is 0 Å². The molecular weight excluding hydrogens is 304 g/mol. The van der Waals surface area contributed by atoms with Crippen molar-refractivity contribution < 1.29 is 14.3 Å². The maximum atomic E-state index is 12.3. The smallest absolute Gasteiger partial charge is 0.225 e. The molecule has 5 heteroatoms. The zero-order valence-corrected chi connectivity index (χ0v) is 15.0. The average Bonchev–Trinajstić information content (AvgIpc) is 2.99. The second-order valence-electron chi connectivity index (χ2n) is 7.02. The molecule has 2 aliphatic rings. The molecule has 2 aliphatic heterocycles. The van der Waals surface area contributed by atoms with Gasteiger partial charge in [-0.25, -0.2) is 0 Å². The highest BCUT2D eigenvalue weighted by Crippen LogP contribution is 2.31. The molecule has 5 nitrogen and oxygen atoms in total. The third kappa shape index (κ3) is 3.97. The molecule has 1 spiro atoms. The Balaban J connectivity index is 1.47. The summed E-state index contributed by atoms with van der Waals surface area (Å²) in [6, 6.07) is 4.21. The second kappa shape index (κ2) is 7.21. The summed E-state index contributed by atoms with van der Waals surface area (Å²) >= 11 is 0. The van der Waals surface area contributed by atoms with E-state index < -0.39 is 0 Å². The minimum atomic E-state index is -0.338. The van der Waals surface area contributed by atoms with Gasteiger partial charge in [0.15, 0.2) is 5.79 Å². The quantitative estimate of drug-likeness (QED) is 0.921. The van der Waals surface area contributed by atoms with E-state index in [1.807, 2.05) is 13.8 Å². The molecule has 1 N–H and O–H groups in total. The first-order valence-corrected chi connectivity index (χ1v) is 8.85. The van der Waals surface area contributed by atoms with Crippen molar-refractivity contribution in [2.24, 2.45) is 0 Å². The number of piperidine rings is 1. The number of carbonyl (C=O) groups excluding carboxylic acids is 1. The first-order valence-electron chi connectivity index (χ1n) is 8.85. The third-order valence-corrected chi connectivity index (χ3v) is 5.03. The molecule has 1 amide bonds. The van der Waals surface area contributed by atoms with Gasteiger partial charge in [0.05, 0.1) is 13.2 Å². The number of aryl methyl sites for hydroxylation is 3. The molecule has 0 unspecified atom stereocenters. The number of hydrogen-bond donors (Lipinski definition) is 1. The summed E-state index contributed by atoms with van der Waals surface area (Å²) in [5, 5.41) is 3.08. The Kier molecular flexibility index (Phi) is 5.23. The zero-order valence-electron chi connectivity index (χ0n) is 15.0. The van der Waals surface area contributed by atoms with Crippen molar-refractivity contribution in [3.05, 3.63) is 28.8 Å². The van der Waals surface area contributed by atoms with Crippen LogP contribution in [0.25, 0.3) is 0 Å². The molecular formula is C19H28N2O3. The zero-order chi connectivity index (χ0) is 17.2. The summed E-state index contributed by atoms with van der Waals surface area (Å²) in [5.41, 5.74) is 4.42. The molecule has 0 bridgehead atoms. The van der Waals surface area contributed by atoms with Gasteiger partial charge in [-0.3, -0.25) is 4.79 Å². The number of hydrogen-bond acceptors (Lipinski definition) is 4. The van der Waals surface area contributed by atoms with Crippen LogP contribution in [0.4, 0.5) is 5.69 Å². The maximum Gasteiger partial charge on any atom is 0.225 e. The Morgan fingerprint density at radius 1 is 1.12 bits per heavy atom. The predicted octanol–water partition coefficient (Wildman–Crippen LogP) is 2.78. The minimum absolute atomic E-state index is 0.0821. The van der Waals surface area contributed by atoms with E-state index in [1.165, 1.54) is 5.56 Å². The molecule has 1 aromatic carbocycles. The lowest BCUT2D eigenvalue weighted by atomic mass is 10.0. The number of benzene rings is 1. The number of anilines is 1. The van der Waals surface area contributed by atoms with Crippen LogP contribution in [-0.4, -0.2) is 49.4 Å². The molecule has 0 atom stereocenters. The molecule has 132 valence electrons. The Bertz CT molecular complexity index is 576. The monoisotopic (exact) mass is 332 g/mol. The van der Waals surface area contributed by atoms with E-state index in [1.54, 1.807) is 0 Å². The molecule has 2 saturated heterocycles. The van der Waals surface area contributed by atoms with Gasteiger partial charge in [-0.1, -0.05) is 17.7 Å². The number of rotatable bonds is 4. The standard InChI is InChI=1S/C19H28N2O3/c1-14-12-15(2)18(16(3)13-14)20-17(22)4-7-21-8-5-19(6-9-21)23-10-11-24-19/h12-13H,4-11H2,1-3H3,(H,20,22). The first-order chi connectivity index (χ1) is 11.5. The highest BCUT2D eigenvalue weighted by atomic mass is 16.7. The van der Waals surface area contributed by atoms with Gasteiger partial charge in [0.25, 0.3) is 0 Å². The van der Waals surface area contributed by atoms with E-state index in [0.717, 1.165) is 49.3 Å². The molecule has 2 heterocycles. The van der Waals surface area contributed by atoms with Crippen molar-refractivity contribution in [2.45, 2.75) is 45.8 Å². The molecule has 0 radical (unpaired) electrons. The fourth-order valence-corrected chi connectivity index (χ4v) is 3.74. The van der Waals surface area contributed by atoms with Crippen molar-refractivity contribution in [1.29, 1.82) is 0 Å². The van der Waals surface area contributed by atoms with Gasteiger partial charge >= 0.3 is 0 Å². The SMILES string of the molecule is Cc1cc(C)c(NC(=O)CCN2CCC3(CC2)OCCO3)c(C)c1. The largest absolute Gasteiger partial charge is 0.347 e. The number of amides is 1. The van der Waals surface area contributed by atoms with Crippen LogP contribution in [0.2, 0.25) is 0 Å². The van der Waals surface area contributed by atoms with Crippen LogP contribution in [0.15, 0.2) is 12.1 Å². The fourth-order valence-electron chi connectivity index (χ4n) is 3.74. The molecule has 3 rings (SSSR count). The van der Waals surface area contributed by atoms with Crippen LogP contribution in [0.3, 0.4) is 0 Å². The van der Waals surface area contributed by atoms with Crippen molar-refractivity contribution >= 4 is 11.6 Å². The highest BCUT2D eigenvalue weighted by molar-refractivity contribution is 5.92. The van der Waals surface area contributed by atoms with Gasteiger partial charge in [-0.05, 0) is 31.9 Å². The van der Waals surface area contributed by atoms with E-state index >= 15 is 0 Å². The number of ether oxygens (including phenoxy) is 2. The number of likely N-dealkylation sites (tertiary alicyclic amines) is 1. The molecule has 24 heavy (non-hydrogen) atoms. The van der Waals surface area contributed by atoms with Crippen LogP contribution in [0, 0.1) is 20.8 Å². The van der Waals surface area contributed by atoms with Crippen LogP contribution >= 0.6 is 0 Å². The van der Waals surface area contributed by atoms with Gasteiger partial charge in [-0.2, -0.15) is 0 Å². The average molecular weight is 332 g/mol. The predicted molar refractivity (Wildman–Crippen MR) is 94.2 cm³/mol. The van der Waals surface area contributed by atoms with Crippen molar-refractivity contribution in [1.82, 2.24) is 4.90 Å². The summed E-state index contributed by atoms with van der Waals surface area (Å²) < 4.78 is 11.5. The van der Waals surface area contributed by atoms with Gasteiger partial charge in [0.1, 0.15) is 0 Å². The molecule has 0 aliphatic carbocycles. The van der Waals surface area contributed by atoms with E-state index in [2.05, 4.69) is 29.3 Å². The van der Waals surface area contributed by atoms with E-state index in [4.69, 9.17) is 9.47 Å². The normalized spacial score (nSPS) is 20.5. The van der Waals surface area contributed by atoms with E-state index in [-0.39, 0.29) is 11.7 Å². The van der Waals surface area contributed by atoms with Gasteiger partial charge in [-0.15, -0.1) is 0 Å². The summed E-state index contributed by atoms with van der Waals surface area (Å²) in [7, 11) is 0. The minimum Gasteiger partial charge on any atom is -0.347 e. The van der Waals surface area contributed by atoms with E-state index in [9.17, 15) is 4.79 Å². The number of carbonyl (C=O) groups is 1. The van der Waals surface area contributed by atoms with Crippen molar-refractivity contribution in [3.8, 4) is 0 Å². The van der Waals surface area contributed by atoms with E-state index in [0.29, 0.717) is 19.6 Å². The van der Waals surface area contributed by atoms with Crippen molar-refractivity contribution in [2.75, 3.05) is 38.2 Å². The van der Waals surface area contributed by atoms with Gasteiger partial charge < -0.3 is 19.7 Å². The van der Waals surface area contributed by atoms with Gasteiger partial charge in [0, 0.05) is 44.6 Å². The first kappa shape index (κ1) is 17.4. The Labute approximate surface area is 144 Å². The summed E-state index contributed by atoms with van der Waals surface area (Å²) in [6.07, 6.45) is 2.30. The molecule has 0 saturated carbocycles. The Morgan fingerprint density at radius 3 is 2.29 bits per heavy atom. The number of nitrogens with zero attached hydrogens (tertiary/aromatic N) is 1. The Hall–Kier alpha value is -1.43. The summed E-state index contributed by atoms with van der Waals surface area (Å²) in [6.45, 7) is 10.2. The topological polar surface area (TPSA) is 50.8 Å². The number of nitrogens with one attached hydrogen (secondary N) is 1. The fraction of sp³-hybridized carbons (Fsp3) is 0.632. The molecule has 2 fully saturated rings. The second-order valence-corrected chi connectivity index (χ2v) is 7.02. The maximum absolute atomic E-state index is 12.3. The van der Waals surface area contributed by atoms with Crippen LogP contribution < -0.4 is 5.32 Å². The van der Waals surface area contributed by atoms with Gasteiger partial charge in [0.2, 0.25) is 5.91 Å².